The minimum absolute atomic E-state index is 0.0742. The summed E-state index contributed by atoms with van der Waals surface area (Å²) in [4.78, 5) is 0. The first kappa shape index (κ1) is 15.0. The van der Waals surface area contributed by atoms with Crippen LogP contribution < -0.4 is 0 Å². The number of aliphatic hydroxyl groups is 1. The molecular weight excluding hydrogens is 279 g/mol. The van der Waals surface area contributed by atoms with Crippen LogP contribution in [-0.4, -0.2) is 12.2 Å². The van der Waals surface area contributed by atoms with Crippen LogP contribution in [0.15, 0.2) is 42.5 Å². The van der Waals surface area contributed by atoms with Crippen LogP contribution in [0.1, 0.15) is 22.8 Å². The van der Waals surface area contributed by atoms with Crippen LogP contribution in [0.5, 0.6) is 0 Å². The monoisotopic (exact) mass is 294 g/mol. The van der Waals surface area contributed by atoms with Crippen LogP contribution in [-0.2, 0) is 17.8 Å². The van der Waals surface area contributed by atoms with Crippen LogP contribution in [0.2, 0.25) is 5.02 Å². The fraction of sp³-hybridized carbons (Fsp3) is 0.250. The zero-order chi connectivity index (χ0) is 14.5. The number of benzene rings is 2. The van der Waals surface area contributed by atoms with Gasteiger partial charge in [-0.3, -0.25) is 0 Å². The topological polar surface area (TPSA) is 29.5 Å². The molecule has 0 amide bonds. The van der Waals surface area contributed by atoms with Crippen molar-refractivity contribution in [1.29, 1.82) is 0 Å². The Hall–Kier alpha value is -1.42. The predicted octanol–water partition coefficient (Wildman–Crippen LogP) is 3.90. The molecule has 1 atom stereocenters. The highest BCUT2D eigenvalue weighted by Gasteiger charge is 2.13. The van der Waals surface area contributed by atoms with Crippen molar-refractivity contribution in [2.75, 3.05) is 7.11 Å². The minimum atomic E-state index is -0.764. The van der Waals surface area contributed by atoms with Gasteiger partial charge in [0.25, 0.3) is 0 Å². The first-order valence-corrected chi connectivity index (χ1v) is 6.68. The summed E-state index contributed by atoms with van der Waals surface area (Å²) in [7, 11) is 1.63. The summed E-state index contributed by atoms with van der Waals surface area (Å²) in [5, 5.41) is 10.2. The van der Waals surface area contributed by atoms with E-state index in [2.05, 4.69) is 0 Å². The molecule has 0 saturated carbocycles. The molecule has 4 heteroatoms. The minimum Gasteiger partial charge on any atom is -0.388 e. The molecular formula is C16H16ClFO2. The molecule has 2 aromatic carbocycles. The number of hydrogen-bond acceptors (Lipinski definition) is 2. The van der Waals surface area contributed by atoms with Gasteiger partial charge in [-0.05, 0) is 22.8 Å². The quantitative estimate of drug-likeness (QED) is 0.906. The van der Waals surface area contributed by atoms with Crippen LogP contribution >= 0.6 is 11.6 Å². The van der Waals surface area contributed by atoms with Gasteiger partial charge in [0.2, 0.25) is 0 Å². The molecule has 0 aromatic heterocycles. The maximum absolute atomic E-state index is 13.8. The molecule has 0 aliphatic rings. The fourth-order valence-corrected chi connectivity index (χ4v) is 2.23. The molecule has 1 N–H and O–H groups in total. The van der Waals surface area contributed by atoms with Crippen molar-refractivity contribution >= 4 is 11.6 Å². The number of hydrogen-bond donors (Lipinski definition) is 1. The number of halogens is 2. The normalized spacial score (nSPS) is 12.4. The molecule has 2 rings (SSSR count). The van der Waals surface area contributed by atoms with E-state index in [0.717, 1.165) is 11.1 Å². The highest BCUT2D eigenvalue weighted by Crippen LogP contribution is 2.24. The Balaban J connectivity index is 2.11. The third kappa shape index (κ3) is 3.57. The summed E-state index contributed by atoms with van der Waals surface area (Å²) in [6, 6.07) is 12.2. The molecule has 0 fully saturated rings. The third-order valence-electron chi connectivity index (χ3n) is 3.12. The van der Waals surface area contributed by atoms with Gasteiger partial charge >= 0.3 is 0 Å². The largest absolute Gasteiger partial charge is 0.388 e. The zero-order valence-corrected chi connectivity index (χ0v) is 11.9. The Labute approximate surface area is 122 Å². The van der Waals surface area contributed by atoms with Crippen molar-refractivity contribution in [3.8, 4) is 0 Å². The molecule has 106 valence electrons. The molecule has 0 aliphatic carbocycles. The van der Waals surface area contributed by atoms with Gasteiger partial charge in [0.1, 0.15) is 5.82 Å². The highest BCUT2D eigenvalue weighted by molar-refractivity contribution is 6.30. The van der Waals surface area contributed by atoms with Crippen LogP contribution in [0.25, 0.3) is 0 Å². The molecule has 0 saturated heterocycles. The first-order valence-electron chi connectivity index (χ1n) is 6.30. The summed E-state index contributed by atoms with van der Waals surface area (Å²) >= 11 is 5.73. The molecule has 2 aromatic rings. The van der Waals surface area contributed by atoms with Crippen LogP contribution in [0.4, 0.5) is 4.39 Å². The van der Waals surface area contributed by atoms with E-state index in [0.29, 0.717) is 12.2 Å². The van der Waals surface area contributed by atoms with Gasteiger partial charge in [0, 0.05) is 13.5 Å². The molecule has 1 unspecified atom stereocenters. The van der Waals surface area contributed by atoms with E-state index in [1.165, 1.54) is 6.07 Å². The maximum atomic E-state index is 13.8. The lowest BCUT2D eigenvalue weighted by molar-refractivity contribution is 0.176. The van der Waals surface area contributed by atoms with E-state index >= 15 is 0 Å². The smallest absolute Gasteiger partial charge is 0.145 e. The Kier molecular flexibility index (Phi) is 5.12. The highest BCUT2D eigenvalue weighted by atomic mass is 35.5. The standard InChI is InChI=1S/C16H16ClFO2/c1-20-10-11-5-7-12(8-6-11)15(19)9-13-3-2-4-14(17)16(13)18/h2-8,15,19H,9-10H2,1H3. The lowest BCUT2D eigenvalue weighted by atomic mass is 10.00. The molecule has 0 aliphatic heterocycles. The maximum Gasteiger partial charge on any atom is 0.145 e. The van der Waals surface area contributed by atoms with E-state index in [1.807, 2.05) is 24.3 Å². The number of ether oxygens (including phenoxy) is 1. The Morgan fingerprint density at radius 2 is 1.90 bits per heavy atom. The van der Waals surface area contributed by atoms with Gasteiger partial charge in [-0.25, -0.2) is 4.39 Å². The summed E-state index contributed by atoms with van der Waals surface area (Å²) in [6.45, 7) is 0.527. The van der Waals surface area contributed by atoms with Gasteiger partial charge in [-0.15, -0.1) is 0 Å². The van der Waals surface area contributed by atoms with Crippen molar-refractivity contribution in [2.45, 2.75) is 19.1 Å². The molecule has 2 nitrogen and oxygen atoms in total. The van der Waals surface area contributed by atoms with Crippen LogP contribution in [0.3, 0.4) is 0 Å². The van der Waals surface area contributed by atoms with E-state index < -0.39 is 11.9 Å². The summed E-state index contributed by atoms with van der Waals surface area (Å²) in [6.07, 6.45) is -0.574. The van der Waals surface area contributed by atoms with E-state index in [1.54, 1.807) is 19.2 Å². The van der Waals surface area contributed by atoms with Gasteiger partial charge in [0.15, 0.2) is 0 Å². The molecule has 0 heterocycles. The van der Waals surface area contributed by atoms with Gasteiger partial charge in [-0.1, -0.05) is 48.0 Å². The molecule has 20 heavy (non-hydrogen) atoms. The fourth-order valence-electron chi connectivity index (χ4n) is 2.03. The van der Waals surface area contributed by atoms with Crippen LogP contribution in [0, 0.1) is 5.82 Å². The molecule has 0 spiro atoms. The Bertz CT molecular complexity index is 569. The SMILES string of the molecule is COCc1ccc(C(O)Cc2cccc(Cl)c2F)cc1. The van der Waals surface area contributed by atoms with E-state index in [-0.39, 0.29) is 11.4 Å². The average molecular weight is 295 g/mol. The molecule has 0 bridgehead atoms. The molecule has 0 radical (unpaired) electrons. The summed E-state index contributed by atoms with van der Waals surface area (Å²) in [5.74, 6) is -0.468. The second kappa shape index (κ2) is 6.84. The summed E-state index contributed by atoms with van der Waals surface area (Å²) < 4.78 is 18.8. The zero-order valence-electron chi connectivity index (χ0n) is 11.1. The second-order valence-electron chi connectivity index (χ2n) is 4.61. The number of rotatable bonds is 5. The number of aliphatic hydroxyl groups excluding tert-OH is 1. The van der Waals surface area contributed by atoms with E-state index in [9.17, 15) is 9.50 Å². The second-order valence-corrected chi connectivity index (χ2v) is 5.01. The van der Waals surface area contributed by atoms with Crippen molar-refractivity contribution in [2.24, 2.45) is 0 Å². The Morgan fingerprint density at radius 1 is 1.20 bits per heavy atom. The van der Waals surface area contributed by atoms with E-state index in [4.69, 9.17) is 16.3 Å². The lowest BCUT2D eigenvalue weighted by Gasteiger charge is -2.13. The van der Waals surface area contributed by atoms with Crippen molar-refractivity contribution in [1.82, 2.24) is 0 Å². The third-order valence-corrected chi connectivity index (χ3v) is 3.41. The van der Waals surface area contributed by atoms with Crippen molar-refractivity contribution in [3.05, 3.63) is 70.0 Å². The number of methoxy groups -OCH3 is 1. The lowest BCUT2D eigenvalue weighted by Crippen LogP contribution is -2.04. The van der Waals surface area contributed by atoms with Gasteiger partial charge in [0.05, 0.1) is 17.7 Å². The predicted molar refractivity (Wildman–Crippen MR) is 77.2 cm³/mol. The van der Waals surface area contributed by atoms with Crippen molar-refractivity contribution < 1.29 is 14.2 Å². The summed E-state index contributed by atoms with van der Waals surface area (Å²) in [5.41, 5.74) is 2.17. The van der Waals surface area contributed by atoms with Crippen molar-refractivity contribution in [3.63, 3.8) is 0 Å². The Morgan fingerprint density at radius 3 is 2.55 bits per heavy atom. The van der Waals surface area contributed by atoms with Gasteiger partial charge in [-0.2, -0.15) is 0 Å². The average Bonchev–Trinajstić information content (AvgIpc) is 2.45. The first-order chi connectivity index (χ1) is 9.61. The van der Waals surface area contributed by atoms with Gasteiger partial charge < -0.3 is 9.84 Å².